The van der Waals surface area contributed by atoms with Gasteiger partial charge in [-0.2, -0.15) is 0 Å². The van der Waals surface area contributed by atoms with Crippen LogP contribution in [0.15, 0.2) is 30.9 Å². The van der Waals surface area contributed by atoms with Gasteiger partial charge < -0.3 is 16.0 Å². The molecule has 0 saturated carbocycles. The molecule has 0 aliphatic rings. The van der Waals surface area contributed by atoms with Gasteiger partial charge in [-0.15, -0.1) is 6.58 Å². The Morgan fingerprint density at radius 1 is 1.33 bits per heavy atom. The second kappa shape index (κ2) is 8.32. The lowest BCUT2D eigenvalue weighted by atomic mass is 10.1. The highest BCUT2D eigenvalue weighted by Crippen LogP contribution is 2.21. The van der Waals surface area contributed by atoms with Crippen LogP contribution in [0.25, 0.3) is 0 Å². The number of hydrogen-bond donors (Lipinski definition) is 3. The molecule has 0 aliphatic carbocycles. The molecule has 1 aromatic carbocycles. The number of urea groups is 1. The summed E-state index contributed by atoms with van der Waals surface area (Å²) in [6, 6.07) is 4.40. The molecule has 0 radical (unpaired) electrons. The van der Waals surface area contributed by atoms with Crippen LogP contribution in [0, 0.1) is 5.92 Å². The molecule has 3 amide bonds. The Labute approximate surface area is 129 Å². The molecule has 114 valence electrons. The molecule has 0 saturated heterocycles. The molecule has 0 bridgehead atoms. The molecule has 1 aromatic rings. The Morgan fingerprint density at radius 2 is 2.05 bits per heavy atom. The standard InChI is InChI=1S/C15H20ClN3O2/c1-4-7-17-15(21)19-11-5-6-12(13(16)8-11)14(20)18-9-10(2)3/h4-6,8,10H,1,7,9H2,2-3H3,(H,18,20)(H2,17,19,21). The topological polar surface area (TPSA) is 70.2 Å². The van der Waals surface area contributed by atoms with E-state index in [1.807, 2.05) is 13.8 Å². The largest absolute Gasteiger partial charge is 0.352 e. The average Bonchev–Trinajstić information content (AvgIpc) is 2.42. The first-order valence-electron chi connectivity index (χ1n) is 6.67. The Balaban J connectivity index is 2.69. The van der Waals surface area contributed by atoms with Crippen LogP contribution in [-0.4, -0.2) is 25.0 Å². The number of halogens is 1. The number of benzene rings is 1. The molecule has 0 fully saturated rings. The third kappa shape index (κ3) is 5.87. The van der Waals surface area contributed by atoms with Crippen LogP contribution in [-0.2, 0) is 0 Å². The first kappa shape index (κ1) is 17.0. The highest BCUT2D eigenvalue weighted by atomic mass is 35.5. The molecule has 0 aliphatic heterocycles. The third-order valence-corrected chi connectivity index (χ3v) is 2.86. The van der Waals surface area contributed by atoms with E-state index in [-0.39, 0.29) is 17.0 Å². The predicted octanol–water partition coefficient (Wildman–Crippen LogP) is 3.03. The van der Waals surface area contributed by atoms with E-state index in [0.717, 1.165) is 0 Å². The van der Waals surface area contributed by atoms with Crippen LogP contribution < -0.4 is 16.0 Å². The lowest BCUT2D eigenvalue weighted by Crippen LogP contribution is -2.29. The Morgan fingerprint density at radius 3 is 2.62 bits per heavy atom. The van der Waals surface area contributed by atoms with E-state index < -0.39 is 0 Å². The summed E-state index contributed by atoms with van der Waals surface area (Å²) < 4.78 is 0. The maximum absolute atomic E-state index is 11.9. The zero-order valence-corrected chi connectivity index (χ0v) is 13.0. The summed E-state index contributed by atoms with van der Waals surface area (Å²) in [6.45, 7) is 8.48. The fraction of sp³-hybridized carbons (Fsp3) is 0.333. The summed E-state index contributed by atoms with van der Waals surface area (Å²) in [5.41, 5.74) is 0.899. The molecule has 0 aromatic heterocycles. The summed E-state index contributed by atoms with van der Waals surface area (Å²) >= 11 is 6.08. The minimum Gasteiger partial charge on any atom is -0.352 e. The van der Waals surface area contributed by atoms with Crippen LogP contribution in [0.1, 0.15) is 24.2 Å². The Hall–Kier alpha value is -2.01. The van der Waals surface area contributed by atoms with Gasteiger partial charge in [0.05, 0.1) is 10.6 Å². The lowest BCUT2D eigenvalue weighted by molar-refractivity contribution is 0.0949. The number of amides is 3. The number of hydrogen-bond acceptors (Lipinski definition) is 2. The Kier molecular flexibility index (Phi) is 6.75. The number of carbonyl (C=O) groups excluding carboxylic acids is 2. The van der Waals surface area contributed by atoms with Crippen molar-refractivity contribution in [3.05, 3.63) is 41.4 Å². The molecular formula is C15H20ClN3O2. The summed E-state index contributed by atoms with van der Waals surface area (Å²) in [6.07, 6.45) is 1.58. The molecule has 0 spiro atoms. The van der Waals surface area contributed by atoms with Crippen molar-refractivity contribution in [2.45, 2.75) is 13.8 Å². The highest BCUT2D eigenvalue weighted by molar-refractivity contribution is 6.34. The number of nitrogens with one attached hydrogen (secondary N) is 3. The monoisotopic (exact) mass is 309 g/mol. The van der Waals surface area contributed by atoms with Gasteiger partial charge in [0.25, 0.3) is 5.91 Å². The summed E-state index contributed by atoms with van der Waals surface area (Å²) in [7, 11) is 0. The smallest absolute Gasteiger partial charge is 0.319 e. The van der Waals surface area contributed by atoms with E-state index in [1.165, 1.54) is 0 Å². The molecule has 0 unspecified atom stereocenters. The highest BCUT2D eigenvalue weighted by Gasteiger charge is 2.11. The zero-order chi connectivity index (χ0) is 15.8. The zero-order valence-electron chi connectivity index (χ0n) is 12.2. The van der Waals surface area contributed by atoms with Crippen molar-refractivity contribution in [3.63, 3.8) is 0 Å². The fourth-order valence-corrected chi connectivity index (χ4v) is 1.78. The van der Waals surface area contributed by atoms with Crippen LogP contribution in [0.5, 0.6) is 0 Å². The van der Waals surface area contributed by atoms with Gasteiger partial charge in [-0.25, -0.2) is 4.79 Å². The van der Waals surface area contributed by atoms with Gasteiger partial charge in [0.1, 0.15) is 0 Å². The maximum Gasteiger partial charge on any atom is 0.319 e. The van der Waals surface area contributed by atoms with Gasteiger partial charge in [-0.3, -0.25) is 4.79 Å². The van der Waals surface area contributed by atoms with Crippen LogP contribution in [0.4, 0.5) is 10.5 Å². The van der Waals surface area contributed by atoms with Gasteiger partial charge in [-0.1, -0.05) is 31.5 Å². The van der Waals surface area contributed by atoms with Crippen molar-refractivity contribution in [2.24, 2.45) is 5.92 Å². The van der Waals surface area contributed by atoms with Crippen molar-refractivity contribution in [3.8, 4) is 0 Å². The minimum atomic E-state index is -0.358. The van der Waals surface area contributed by atoms with E-state index in [1.54, 1.807) is 24.3 Å². The van der Waals surface area contributed by atoms with Crippen LogP contribution in [0.3, 0.4) is 0 Å². The van der Waals surface area contributed by atoms with Crippen molar-refractivity contribution >= 4 is 29.2 Å². The molecule has 0 atom stereocenters. The lowest BCUT2D eigenvalue weighted by Gasteiger charge is -2.11. The van der Waals surface area contributed by atoms with Crippen molar-refractivity contribution in [1.29, 1.82) is 0 Å². The summed E-state index contributed by atoms with van der Waals surface area (Å²) in [5.74, 6) is 0.138. The SMILES string of the molecule is C=CCNC(=O)Nc1ccc(C(=O)NCC(C)C)c(Cl)c1. The molecule has 1 rings (SSSR count). The van der Waals surface area contributed by atoms with E-state index in [4.69, 9.17) is 11.6 Å². The minimum absolute atomic E-state index is 0.226. The summed E-state index contributed by atoms with van der Waals surface area (Å²) in [4.78, 5) is 23.4. The number of rotatable bonds is 6. The fourth-order valence-electron chi connectivity index (χ4n) is 1.51. The van der Waals surface area contributed by atoms with E-state index >= 15 is 0 Å². The quantitative estimate of drug-likeness (QED) is 0.707. The van der Waals surface area contributed by atoms with E-state index in [9.17, 15) is 9.59 Å². The molecule has 6 heteroatoms. The van der Waals surface area contributed by atoms with E-state index in [0.29, 0.717) is 30.3 Å². The van der Waals surface area contributed by atoms with Crippen molar-refractivity contribution in [2.75, 3.05) is 18.4 Å². The van der Waals surface area contributed by atoms with E-state index in [2.05, 4.69) is 22.5 Å². The van der Waals surface area contributed by atoms with Gasteiger partial charge in [0.2, 0.25) is 0 Å². The molecular weight excluding hydrogens is 290 g/mol. The number of carbonyl (C=O) groups is 2. The normalized spacial score (nSPS) is 10.1. The number of anilines is 1. The summed E-state index contributed by atoms with van der Waals surface area (Å²) in [5, 5.41) is 8.28. The Bertz CT molecular complexity index is 530. The molecule has 21 heavy (non-hydrogen) atoms. The van der Waals surface area contributed by atoms with Gasteiger partial charge in [0, 0.05) is 18.8 Å². The average molecular weight is 310 g/mol. The third-order valence-electron chi connectivity index (χ3n) is 2.55. The molecule has 3 N–H and O–H groups in total. The van der Waals surface area contributed by atoms with Crippen molar-refractivity contribution in [1.82, 2.24) is 10.6 Å². The molecule has 0 heterocycles. The van der Waals surface area contributed by atoms with Crippen molar-refractivity contribution < 1.29 is 9.59 Å². The second-order valence-electron chi connectivity index (χ2n) is 4.92. The second-order valence-corrected chi connectivity index (χ2v) is 5.33. The first-order valence-corrected chi connectivity index (χ1v) is 7.05. The molecule has 5 nitrogen and oxygen atoms in total. The van der Waals surface area contributed by atoms with Gasteiger partial charge in [0.15, 0.2) is 0 Å². The van der Waals surface area contributed by atoms with Gasteiger partial charge in [-0.05, 0) is 24.1 Å². The van der Waals surface area contributed by atoms with Crippen LogP contribution in [0.2, 0.25) is 5.02 Å². The first-order chi connectivity index (χ1) is 9.93. The van der Waals surface area contributed by atoms with Crippen LogP contribution >= 0.6 is 11.6 Å². The predicted molar refractivity (Wildman–Crippen MR) is 85.8 cm³/mol. The maximum atomic E-state index is 11.9. The van der Waals surface area contributed by atoms with Gasteiger partial charge >= 0.3 is 6.03 Å².